The molecular formula is C21H22N4O3S2. The van der Waals surface area contributed by atoms with Crippen molar-refractivity contribution in [1.29, 1.82) is 0 Å². The number of nitrogens with one attached hydrogen (secondary N) is 1. The van der Waals surface area contributed by atoms with Crippen molar-refractivity contribution in [2.45, 2.75) is 44.2 Å². The minimum atomic E-state index is -0.901. The molecule has 9 heteroatoms. The molecule has 3 aromatic rings. The first-order valence-corrected chi connectivity index (χ1v) is 11.6. The first kappa shape index (κ1) is 20.6. The van der Waals surface area contributed by atoms with Gasteiger partial charge in [0.25, 0.3) is 5.56 Å². The van der Waals surface area contributed by atoms with Crippen molar-refractivity contribution >= 4 is 45.3 Å². The molecule has 30 heavy (non-hydrogen) atoms. The number of thioether (sulfide) groups is 1. The Morgan fingerprint density at radius 2 is 2.00 bits per heavy atom. The van der Waals surface area contributed by atoms with Gasteiger partial charge < -0.3 is 5.73 Å². The van der Waals surface area contributed by atoms with E-state index in [9.17, 15) is 14.4 Å². The lowest BCUT2D eigenvalue weighted by Gasteiger charge is -2.14. The zero-order chi connectivity index (χ0) is 21.3. The van der Waals surface area contributed by atoms with E-state index >= 15 is 0 Å². The Morgan fingerprint density at radius 3 is 2.77 bits per heavy atom. The maximum Gasteiger partial charge on any atom is 0.318 e. The Labute approximate surface area is 181 Å². The van der Waals surface area contributed by atoms with Crippen LogP contribution >= 0.6 is 23.1 Å². The minimum Gasteiger partial charge on any atom is -0.351 e. The number of hydrogen-bond donors (Lipinski definition) is 2. The van der Waals surface area contributed by atoms with Crippen LogP contribution in [0.3, 0.4) is 0 Å². The van der Waals surface area contributed by atoms with Gasteiger partial charge in [0.05, 0.1) is 16.8 Å². The summed E-state index contributed by atoms with van der Waals surface area (Å²) in [6.45, 7) is 1.94. The van der Waals surface area contributed by atoms with Crippen LogP contribution in [0.5, 0.6) is 0 Å². The normalized spacial score (nSPS) is 13.6. The van der Waals surface area contributed by atoms with Crippen LogP contribution < -0.4 is 16.6 Å². The van der Waals surface area contributed by atoms with E-state index < -0.39 is 11.9 Å². The number of hydrogen-bond acceptors (Lipinski definition) is 6. The van der Waals surface area contributed by atoms with Gasteiger partial charge in [0.1, 0.15) is 4.83 Å². The average Bonchev–Trinajstić information content (AvgIpc) is 2.88. The Bertz CT molecular complexity index is 1200. The molecule has 0 radical (unpaired) electrons. The van der Waals surface area contributed by atoms with Crippen molar-refractivity contribution in [3.63, 3.8) is 0 Å². The summed E-state index contributed by atoms with van der Waals surface area (Å²) in [5, 5.41) is 3.18. The second-order valence-electron chi connectivity index (χ2n) is 7.27. The largest absolute Gasteiger partial charge is 0.351 e. The molecule has 4 rings (SSSR count). The number of primary amides is 1. The van der Waals surface area contributed by atoms with Crippen LogP contribution in [-0.4, -0.2) is 27.2 Å². The van der Waals surface area contributed by atoms with Crippen LogP contribution in [0, 0.1) is 6.92 Å². The van der Waals surface area contributed by atoms with Gasteiger partial charge in [-0.1, -0.05) is 36.4 Å². The summed E-state index contributed by atoms with van der Waals surface area (Å²) in [5.41, 5.74) is 7.73. The van der Waals surface area contributed by atoms with E-state index in [4.69, 9.17) is 10.7 Å². The minimum absolute atomic E-state index is 0.0716. The molecule has 2 aromatic heterocycles. The molecule has 3 N–H and O–H groups in total. The summed E-state index contributed by atoms with van der Waals surface area (Å²) < 4.78 is 1.60. The van der Waals surface area contributed by atoms with E-state index in [-0.39, 0.29) is 11.3 Å². The number of carbonyl (C=O) groups excluding carboxylic acids is 2. The van der Waals surface area contributed by atoms with Gasteiger partial charge in [0, 0.05) is 4.88 Å². The summed E-state index contributed by atoms with van der Waals surface area (Å²) in [6.07, 6.45) is 5.25. The lowest BCUT2D eigenvalue weighted by Crippen LogP contribution is -2.36. The molecule has 0 atom stereocenters. The molecular weight excluding hydrogens is 420 g/mol. The van der Waals surface area contributed by atoms with Gasteiger partial charge in [-0.25, -0.2) is 9.78 Å². The van der Waals surface area contributed by atoms with Crippen LogP contribution in [-0.2, 0) is 17.6 Å². The average molecular weight is 443 g/mol. The summed E-state index contributed by atoms with van der Waals surface area (Å²) in [5.74, 6) is -0.599. The van der Waals surface area contributed by atoms with Gasteiger partial charge in [0.2, 0.25) is 5.91 Å². The standard InChI is InChI=1S/C21H22N4O3S2/c1-12-7-5-6-9-14(12)25-19(27)17-13-8-3-2-4-10-15(13)30-18(17)24-21(25)29-11-16(26)23-20(22)28/h5-7,9H,2-4,8,10-11H2,1H3,(H3,22,23,26,28). The molecule has 3 amide bonds. The van der Waals surface area contributed by atoms with Crippen molar-refractivity contribution in [2.75, 3.05) is 5.75 Å². The number of nitrogens with two attached hydrogens (primary N) is 1. The van der Waals surface area contributed by atoms with E-state index in [0.29, 0.717) is 10.5 Å². The van der Waals surface area contributed by atoms with E-state index in [0.717, 1.165) is 59.1 Å². The topological polar surface area (TPSA) is 107 Å². The smallest absolute Gasteiger partial charge is 0.318 e. The van der Waals surface area contributed by atoms with Gasteiger partial charge in [-0.15, -0.1) is 11.3 Å². The molecule has 7 nitrogen and oxygen atoms in total. The third kappa shape index (κ3) is 3.99. The van der Waals surface area contributed by atoms with E-state index in [1.54, 1.807) is 15.9 Å². The molecule has 1 aromatic carbocycles. The zero-order valence-corrected chi connectivity index (χ0v) is 18.2. The molecule has 2 heterocycles. The highest BCUT2D eigenvalue weighted by Crippen LogP contribution is 2.34. The van der Waals surface area contributed by atoms with Crippen LogP contribution in [0.25, 0.3) is 15.9 Å². The van der Waals surface area contributed by atoms with E-state index in [1.165, 1.54) is 11.3 Å². The first-order chi connectivity index (χ1) is 14.5. The summed E-state index contributed by atoms with van der Waals surface area (Å²) in [6, 6.07) is 6.71. The number of urea groups is 1. The summed E-state index contributed by atoms with van der Waals surface area (Å²) in [4.78, 5) is 43.3. The van der Waals surface area contributed by atoms with Gasteiger partial charge >= 0.3 is 6.03 Å². The van der Waals surface area contributed by atoms with Crippen molar-refractivity contribution in [2.24, 2.45) is 5.73 Å². The third-order valence-corrected chi connectivity index (χ3v) is 7.28. The molecule has 0 saturated heterocycles. The molecule has 1 aliphatic carbocycles. The highest BCUT2D eigenvalue weighted by atomic mass is 32.2. The lowest BCUT2D eigenvalue weighted by atomic mass is 10.1. The molecule has 0 saturated carbocycles. The number of amides is 3. The van der Waals surface area contributed by atoms with Gasteiger partial charge in [-0.3, -0.25) is 19.5 Å². The quantitative estimate of drug-likeness (QED) is 0.366. The second-order valence-corrected chi connectivity index (χ2v) is 9.29. The number of aryl methyl sites for hydroxylation is 3. The number of benzene rings is 1. The Morgan fingerprint density at radius 1 is 1.23 bits per heavy atom. The number of rotatable bonds is 4. The number of nitrogens with zero attached hydrogens (tertiary/aromatic N) is 2. The fourth-order valence-corrected chi connectivity index (χ4v) is 5.90. The maximum atomic E-state index is 13.7. The monoisotopic (exact) mass is 442 g/mol. The highest BCUT2D eigenvalue weighted by Gasteiger charge is 2.23. The zero-order valence-electron chi connectivity index (χ0n) is 16.6. The maximum absolute atomic E-state index is 13.7. The molecule has 1 aliphatic rings. The molecule has 0 fully saturated rings. The SMILES string of the molecule is Cc1ccccc1-n1c(SCC(=O)NC(N)=O)nc2sc3c(c2c1=O)CCCCC3. The van der Waals surface area contributed by atoms with Crippen LogP contribution in [0.4, 0.5) is 4.79 Å². The lowest BCUT2D eigenvalue weighted by molar-refractivity contribution is -0.117. The Kier molecular flexibility index (Phi) is 5.92. The number of carbonyl (C=O) groups is 2. The summed E-state index contributed by atoms with van der Waals surface area (Å²) in [7, 11) is 0. The summed E-state index contributed by atoms with van der Waals surface area (Å²) >= 11 is 2.70. The Balaban J connectivity index is 1.88. The highest BCUT2D eigenvalue weighted by molar-refractivity contribution is 7.99. The number of aromatic nitrogens is 2. The molecule has 0 bridgehead atoms. The molecule has 0 aliphatic heterocycles. The second kappa shape index (κ2) is 8.61. The van der Waals surface area contributed by atoms with Crippen LogP contribution in [0.15, 0.2) is 34.2 Å². The van der Waals surface area contributed by atoms with Crippen molar-refractivity contribution in [3.05, 3.63) is 50.6 Å². The van der Waals surface area contributed by atoms with Gasteiger partial charge in [-0.05, 0) is 49.8 Å². The first-order valence-electron chi connectivity index (χ1n) is 9.81. The number of thiophene rings is 1. The van der Waals surface area contributed by atoms with E-state index in [1.807, 2.05) is 36.5 Å². The fraction of sp³-hybridized carbons (Fsp3) is 0.333. The number of imide groups is 1. The predicted molar refractivity (Wildman–Crippen MR) is 120 cm³/mol. The third-order valence-electron chi connectivity index (χ3n) is 5.16. The van der Waals surface area contributed by atoms with Gasteiger partial charge in [0.15, 0.2) is 5.16 Å². The molecule has 156 valence electrons. The van der Waals surface area contributed by atoms with Crippen molar-refractivity contribution in [1.82, 2.24) is 14.9 Å². The Hall–Kier alpha value is -2.65. The molecule has 0 unspecified atom stereocenters. The van der Waals surface area contributed by atoms with E-state index in [2.05, 4.69) is 0 Å². The van der Waals surface area contributed by atoms with Crippen LogP contribution in [0.1, 0.15) is 35.3 Å². The van der Waals surface area contributed by atoms with Gasteiger partial charge in [-0.2, -0.15) is 0 Å². The molecule has 0 spiro atoms. The predicted octanol–water partition coefficient (Wildman–Crippen LogP) is 3.31. The van der Waals surface area contributed by atoms with Crippen LogP contribution in [0.2, 0.25) is 0 Å². The van der Waals surface area contributed by atoms with Crippen molar-refractivity contribution in [3.8, 4) is 5.69 Å². The fourth-order valence-electron chi connectivity index (χ4n) is 3.79. The van der Waals surface area contributed by atoms with Crippen molar-refractivity contribution < 1.29 is 9.59 Å². The number of fused-ring (bicyclic) bond motifs is 3. The number of para-hydroxylation sites is 1.